The van der Waals surface area contributed by atoms with E-state index < -0.39 is 17.9 Å². The van der Waals surface area contributed by atoms with Gasteiger partial charge in [-0.25, -0.2) is 4.79 Å². The minimum Gasteiger partial charge on any atom is -0.478 e. The van der Waals surface area contributed by atoms with Crippen LogP contribution in [0.2, 0.25) is 0 Å². The summed E-state index contributed by atoms with van der Waals surface area (Å²) in [6.07, 6.45) is 0. The third-order valence-electron chi connectivity index (χ3n) is 3.19. The van der Waals surface area contributed by atoms with Crippen molar-refractivity contribution < 1.29 is 14.7 Å². The van der Waals surface area contributed by atoms with Crippen molar-refractivity contribution in [2.75, 3.05) is 5.32 Å². The standard InChI is InChI=1S/C16H14N2O4/c1-10(18-22)11-5-4-6-12(9-11)17-15(19)13-7-2-3-8-14(13)16(20)21/h2-10H,1H3,(H,17,19)(H,20,21). The number of aromatic carboxylic acids is 1. The fraction of sp³-hybridized carbons (Fsp3) is 0.125. The van der Waals surface area contributed by atoms with Crippen LogP contribution in [0.25, 0.3) is 0 Å². The number of amides is 1. The number of carbonyl (C=O) groups excluding carboxylic acids is 1. The number of rotatable bonds is 5. The Labute approximate surface area is 126 Å². The number of hydrogen-bond donors (Lipinski definition) is 2. The second-order valence-electron chi connectivity index (χ2n) is 4.71. The van der Waals surface area contributed by atoms with Crippen LogP contribution in [0.4, 0.5) is 5.69 Å². The maximum Gasteiger partial charge on any atom is 0.336 e. The summed E-state index contributed by atoms with van der Waals surface area (Å²) in [5, 5.41) is 14.7. The fourth-order valence-corrected chi connectivity index (χ4v) is 2.00. The monoisotopic (exact) mass is 298 g/mol. The molecule has 2 N–H and O–H groups in total. The fourth-order valence-electron chi connectivity index (χ4n) is 2.00. The summed E-state index contributed by atoms with van der Waals surface area (Å²) in [6.45, 7) is 1.65. The molecule has 1 amide bonds. The smallest absolute Gasteiger partial charge is 0.336 e. The van der Waals surface area contributed by atoms with Gasteiger partial charge in [-0.1, -0.05) is 29.4 Å². The average molecular weight is 298 g/mol. The molecule has 0 radical (unpaired) electrons. The number of carboxylic acid groups (broad SMARTS) is 1. The lowest BCUT2D eigenvalue weighted by molar-refractivity contribution is 0.0692. The molecule has 2 aromatic carbocycles. The molecule has 0 aliphatic heterocycles. The van der Waals surface area contributed by atoms with Gasteiger partial charge in [0, 0.05) is 5.69 Å². The van der Waals surface area contributed by atoms with Gasteiger partial charge < -0.3 is 10.4 Å². The minimum atomic E-state index is -1.17. The Morgan fingerprint density at radius 1 is 1.09 bits per heavy atom. The molecule has 2 rings (SSSR count). The minimum absolute atomic E-state index is 0.0703. The molecule has 0 aliphatic carbocycles. The number of nitrogens with zero attached hydrogens (tertiary/aromatic N) is 1. The van der Waals surface area contributed by atoms with E-state index in [4.69, 9.17) is 5.11 Å². The predicted octanol–water partition coefficient (Wildman–Crippen LogP) is 3.46. The Balaban J connectivity index is 2.26. The summed E-state index contributed by atoms with van der Waals surface area (Å²) < 4.78 is 0. The third kappa shape index (κ3) is 3.35. The lowest BCUT2D eigenvalue weighted by Gasteiger charge is -2.10. The number of nitrogens with one attached hydrogen (secondary N) is 1. The van der Waals surface area contributed by atoms with Crippen LogP contribution in [0, 0.1) is 4.91 Å². The topological polar surface area (TPSA) is 95.8 Å². The second-order valence-corrected chi connectivity index (χ2v) is 4.71. The van der Waals surface area contributed by atoms with Gasteiger partial charge in [0.25, 0.3) is 5.91 Å². The number of anilines is 1. The van der Waals surface area contributed by atoms with E-state index in [1.165, 1.54) is 12.1 Å². The van der Waals surface area contributed by atoms with Gasteiger partial charge in [-0.2, -0.15) is 4.91 Å². The molecule has 0 aromatic heterocycles. The molecular weight excluding hydrogens is 284 g/mol. The van der Waals surface area contributed by atoms with E-state index in [1.807, 2.05) is 0 Å². The molecule has 0 saturated heterocycles. The number of carbonyl (C=O) groups is 2. The predicted molar refractivity (Wildman–Crippen MR) is 82.0 cm³/mol. The number of hydrogen-bond acceptors (Lipinski definition) is 4. The molecule has 0 heterocycles. The van der Waals surface area contributed by atoms with Crippen molar-refractivity contribution in [2.45, 2.75) is 13.0 Å². The molecule has 6 heteroatoms. The Bertz CT molecular complexity index is 728. The third-order valence-corrected chi connectivity index (χ3v) is 3.19. The zero-order valence-corrected chi connectivity index (χ0v) is 11.8. The maximum absolute atomic E-state index is 12.2. The van der Waals surface area contributed by atoms with Crippen molar-refractivity contribution in [1.82, 2.24) is 0 Å². The van der Waals surface area contributed by atoms with Crippen molar-refractivity contribution in [3.63, 3.8) is 0 Å². The van der Waals surface area contributed by atoms with Gasteiger partial charge in [0.15, 0.2) is 0 Å². The SMILES string of the molecule is CC(N=O)c1cccc(NC(=O)c2ccccc2C(=O)O)c1. The quantitative estimate of drug-likeness (QED) is 0.826. The molecule has 0 saturated carbocycles. The highest BCUT2D eigenvalue weighted by Gasteiger charge is 2.16. The molecule has 22 heavy (non-hydrogen) atoms. The summed E-state index contributed by atoms with van der Waals surface area (Å²) in [5.74, 6) is -1.69. The largest absolute Gasteiger partial charge is 0.478 e. The normalized spacial score (nSPS) is 11.5. The first-order chi connectivity index (χ1) is 10.5. The van der Waals surface area contributed by atoms with Gasteiger partial charge in [-0.05, 0) is 36.8 Å². The van der Waals surface area contributed by atoms with Crippen molar-refractivity contribution >= 4 is 17.6 Å². The van der Waals surface area contributed by atoms with Crippen LogP contribution in [0.5, 0.6) is 0 Å². The van der Waals surface area contributed by atoms with Crippen molar-refractivity contribution in [2.24, 2.45) is 5.18 Å². The molecule has 1 atom stereocenters. The van der Waals surface area contributed by atoms with Crippen LogP contribution in [-0.2, 0) is 0 Å². The summed E-state index contributed by atoms with van der Waals surface area (Å²) in [4.78, 5) is 33.9. The van der Waals surface area contributed by atoms with E-state index in [0.29, 0.717) is 11.3 Å². The summed E-state index contributed by atoms with van der Waals surface area (Å²) in [5.41, 5.74) is 1.14. The van der Waals surface area contributed by atoms with E-state index in [2.05, 4.69) is 10.5 Å². The van der Waals surface area contributed by atoms with Crippen LogP contribution in [0.1, 0.15) is 39.2 Å². The molecule has 0 aliphatic rings. The van der Waals surface area contributed by atoms with Crippen LogP contribution in [0.3, 0.4) is 0 Å². The average Bonchev–Trinajstić information content (AvgIpc) is 2.54. The Morgan fingerprint density at radius 3 is 2.41 bits per heavy atom. The highest BCUT2D eigenvalue weighted by atomic mass is 16.4. The van der Waals surface area contributed by atoms with E-state index in [-0.39, 0.29) is 11.1 Å². The first-order valence-corrected chi connectivity index (χ1v) is 6.59. The van der Waals surface area contributed by atoms with Gasteiger partial charge >= 0.3 is 5.97 Å². The van der Waals surface area contributed by atoms with Crippen molar-refractivity contribution in [3.05, 3.63) is 70.1 Å². The number of carboxylic acids is 1. The van der Waals surface area contributed by atoms with Gasteiger partial charge in [-0.3, -0.25) is 4.79 Å². The Hall–Kier alpha value is -3.02. The van der Waals surface area contributed by atoms with Crippen molar-refractivity contribution in [1.29, 1.82) is 0 Å². The van der Waals surface area contributed by atoms with Crippen LogP contribution >= 0.6 is 0 Å². The molecule has 112 valence electrons. The molecule has 0 bridgehead atoms. The van der Waals surface area contributed by atoms with Gasteiger partial charge in [-0.15, -0.1) is 0 Å². The van der Waals surface area contributed by atoms with Crippen LogP contribution in [-0.4, -0.2) is 17.0 Å². The Morgan fingerprint density at radius 2 is 1.77 bits per heavy atom. The number of benzene rings is 2. The molecule has 2 aromatic rings. The molecule has 6 nitrogen and oxygen atoms in total. The second kappa shape index (κ2) is 6.62. The molecule has 1 unspecified atom stereocenters. The summed E-state index contributed by atoms with van der Waals surface area (Å²) in [6, 6.07) is 12.1. The Kier molecular flexibility index (Phi) is 4.63. The van der Waals surface area contributed by atoms with Gasteiger partial charge in [0.2, 0.25) is 0 Å². The van der Waals surface area contributed by atoms with Crippen LogP contribution < -0.4 is 5.32 Å². The highest BCUT2D eigenvalue weighted by Crippen LogP contribution is 2.21. The van der Waals surface area contributed by atoms with Gasteiger partial charge in [0.1, 0.15) is 6.04 Å². The molecular formula is C16H14N2O4. The first-order valence-electron chi connectivity index (χ1n) is 6.59. The van der Waals surface area contributed by atoms with E-state index in [9.17, 15) is 14.5 Å². The zero-order valence-electron chi connectivity index (χ0n) is 11.8. The van der Waals surface area contributed by atoms with E-state index in [1.54, 1.807) is 43.3 Å². The van der Waals surface area contributed by atoms with Crippen LogP contribution in [0.15, 0.2) is 53.7 Å². The van der Waals surface area contributed by atoms with E-state index in [0.717, 1.165) is 0 Å². The van der Waals surface area contributed by atoms with Crippen molar-refractivity contribution in [3.8, 4) is 0 Å². The highest BCUT2D eigenvalue weighted by molar-refractivity contribution is 6.10. The lowest BCUT2D eigenvalue weighted by Crippen LogP contribution is -2.16. The van der Waals surface area contributed by atoms with Gasteiger partial charge in [0.05, 0.1) is 11.1 Å². The molecule has 0 spiro atoms. The number of nitroso groups, excluding NO2 is 1. The van der Waals surface area contributed by atoms with E-state index >= 15 is 0 Å². The lowest BCUT2D eigenvalue weighted by atomic mass is 10.1. The summed E-state index contributed by atoms with van der Waals surface area (Å²) in [7, 11) is 0. The molecule has 0 fully saturated rings. The first kappa shape index (κ1) is 15.4. The summed E-state index contributed by atoms with van der Waals surface area (Å²) >= 11 is 0. The zero-order chi connectivity index (χ0) is 16.1. The maximum atomic E-state index is 12.2.